The van der Waals surface area contributed by atoms with E-state index in [9.17, 15) is 0 Å². The van der Waals surface area contributed by atoms with Crippen LogP contribution >= 0.6 is 0 Å². The Labute approximate surface area is 126 Å². The molecule has 1 nitrogen and oxygen atoms in total. The lowest BCUT2D eigenvalue weighted by molar-refractivity contribution is -0.659. The van der Waals surface area contributed by atoms with Gasteiger partial charge < -0.3 is 0 Å². The summed E-state index contributed by atoms with van der Waals surface area (Å²) in [5, 5.41) is 2.59. The number of fused-ring (bicyclic) bond motifs is 1. The van der Waals surface area contributed by atoms with E-state index in [-0.39, 0.29) is 0 Å². The first-order valence-corrected chi connectivity index (χ1v) is 7.44. The number of nitrogens with zero attached hydrogens (tertiary/aromatic N) is 1. The Morgan fingerprint density at radius 2 is 1.52 bits per heavy atom. The molecule has 3 aromatic rings. The standard InChI is InChI=1S/C20H22N/c1-13-6-7-17-11-20(21(5)12-18(17)9-13)19-10-14(2)8-15(3)16(19)4/h6-12H,1-5H3/q+1. The van der Waals surface area contributed by atoms with E-state index < -0.39 is 0 Å². The highest BCUT2D eigenvalue weighted by atomic mass is 14.9. The zero-order chi connectivity index (χ0) is 15.1. The highest BCUT2D eigenvalue weighted by Gasteiger charge is 2.15. The van der Waals surface area contributed by atoms with Gasteiger partial charge in [0.05, 0.1) is 0 Å². The maximum absolute atomic E-state index is 2.30. The largest absolute Gasteiger partial charge is 0.213 e. The van der Waals surface area contributed by atoms with Crippen LogP contribution in [0.4, 0.5) is 0 Å². The summed E-state index contributed by atoms with van der Waals surface area (Å²) < 4.78 is 2.24. The second-order valence-electron chi connectivity index (χ2n) is 6.16. The lowest BCUT2D eigenvalue weighted by Crippen LogP contribution is -2.30. The normalized spacial score (nSPS) is 11.1. The Morgan fingerprint density at radius 3 is 2.29 bits per heavy atom. The van der Waals surface area contributed by atoms with Crippen molar-refractivity contribution in [3.8, 4) is 11.3 Å². The SMILES string of the molecule is Cc1cc(C)c(C)c(-c2cc3ccc(C)cc3c[n+]2C)c1. The summed E-state index contributed by atoms with van der Waals surface area (Å²) in [6, 6.07) is 13.5. The lowest BCUT2D eigenvalue weighted by atomic mass is 9.96. The molecule has 0 unspecified atom stereocenters. The summed E-state index contributed by atoms with van der Waals surface area (Å²) in [5.41, 5.74) is 7.94. The van der Waals surface area contributed by atoms with E-state index in [1.165, 1.54) is 44.3 Å². The van der Waals surface area contributed by atoms with Crippen molar-refractivity contribution < 1.29 is 4.57 Å². The molecule has 0 saturated heterocycles. The molecule has 0 N–H and O–H groups in total. The molecular weight excluding hydrogens is 254 g/mol. The maximum Gasteiger partial charge on any atom is 0.213 e. The molecule has 21 heavy (non-hydrogen) atoms. The minimum Gasteiger partial charge on any atom is -0.200 e. The topological polar surface area (TPSA) is 3.88 Å². The molecule has 1 aromatic heterocycles. The molecule has 2 aromatic carbocycles. The predicted molar refractivity (Wildman–Crippen MR) is 89.5 cm³/mol. The van der Waals surface area contributed by atoms with Gasteiger partial charge in [0, 0.05) is 17.0 Å². The molecule has 0 aliphatic carbocycles. The van der Waals surface area contributed by atoms with Crippen LogP contribution < -0.4 is 4.57 Å². The Bertz CT molecular complexity index is 844. The zero-order valence-corrected chi connectivity index (χ0v) is 13.5. The number of pyridine rings is 1. The van der Waals surface area contributed by atoms with Crippen LogP contribution in [0.25, 0.3) is 22.0 Å². The molecule has 0 saturated carbocycles. The third-order valence-electron chi connectivity index (χ3n) is 4.33. The maximum atomic E-state index is 2.30. The molecule has 0 fully saturated rings. The van der Waals surface area contributed by atoms with E-state index in [4.69, 9.17) is 0 Å². The fourth-order valence-electron chi connectivity index (χ4n) is 3.04. The van der Waals surface area contributed by atoms with Crippen LogP contribution in [0.2, 0.25) is 0 Å². The van der Waals surface area contributed by atoms with Crippen LogP contribution in [0.3, 0.4) is 0 Å². The third kappa shape index (κ3) is 2.44. The van der Waals surface area contributed by atoms with Gasteiger partial charge in [0.15, 0.2) is 6.20 Å². The van der Waals surface area contributed by atoms with Crippen molar-refractivity contribution in [1.82, 2.24) is 0 Å². The van der Waals surface area contributed by atoms with Crippen molar-refractivity contribution in [2.45, 2.75) is 27.7 Å². The van der Waals surface area contributed by atoms with Crippen molar-refractivity contribution in [3.63, 3.8) is 0 Å². The average Bonchev–Trinajstić information content (AvgIpc) is 2.42. The van der Waals surface area contributed by atoms with E-state index in [0.29, 0.717) is 0 Å². The van der Waals surface area contributed by atoms with Crippen LogP contribution in [0.15, 0.2) is 42.6 Å². The highest BCUT2D eigenvalue weighted by Crippen LogP contribution is 2.27. The fraction of sp³-hybridized carbons (Fsp3) is 0.250. The summed E-state index contributed by atoms with van der Waals surface area (Å²) in [7, 11) is 2.13. The summed E-state index contributed by atoms with van der Waals surface area (Å²) in [6.07, 6.45) is 2.23. The van der Waals surface area contributed by atoms with Crippen LogP contribution in [0.5, 0.6) is 0 Å². The smallest absolute Gasteiger partial charge is 0.200 e. The Kier molecular flexibility index (Phi) is 3.29. The van der Waals surface area contributed by atoms with Gasteiger partial charge in [-0.25, -0.2) is 4.57 Å². The number of hydrogen-bond acceptors (Lipinski definition) is 0. The quantitative estimate of drug-likeness (QED) is 0.573. The van der Waals surface area contributed by atoms with Gasteiger partial charge in [0.1, 0.15) is 7.05 Å². The molecule has 0 aliphatic heterocycles. The average molecular weight is 276 g/mol. The first kappa shape index (κ1) is 13.8. The number of hydrogen-bond donors (Lipinski definition) is 0. The van der Waals surface area contributed by atoms with Crippen LogP contribution in [-0.2, 0) is 7.05 Å². The lowest BCUT2D eigenvalue weighted by Gasteiger charge is -2.10. The van der Waals surface area contributed by atoms with Crippen LogP contribution in [0, 0.1) is 27.7 Å². The molecule has 0 bridgehead atoms. The van der Waals surface area contributed by atoms with Crippen molar-refractivity contribution >= 4 is 10.8 Å². The van der Waals surface area contributed by atoms with E-state index in [2.05, 4.69) is 81.9 Å². The van der Waals surface area contributed by atoms with E-state index >= 15 is 0 Å². The van der Waals surface area contributed by atoms with Gasteiger partial charge in [0.25, 0.3) is 0 Å². The number of aryl methyl sites for hydroxylation is 4. The molecular formula is C20H22N+. The van der Waals surface area contributed by atoms with Gasteiger partial charge in [-0.1, -0.05) is 29.3 Å². The number of rotatable bonds is 1. The molecule has 3 rings (SSSR count). The van der Waals surface area contributed by atoms with Gasteiger partial charge in [0.2, 0.25) is 5.69 Å². The second kappa shape index (κ2) is 5.00. The fourth-order valence-corrected chi connectivity index (χ4v) is 3.04. The van der Waals surface area contributed by atoms with Crippen LogP contribution in [-0.4, -0.2) is 0 Å². The van der Waals surface area contributed by atoms with Crippen molar-refractivity contribution in [1.29, 1.82) is 0 Å². The number of benzene rings is 2. The molecule has 0 aliphatic rings. The summed E-state index contributed by atoms with van der Waals surface area (Å²) in [6.45, 7) is 8.71. The van der Waals surface area contributed by atoms with Gasteiger partial charge in [-0.15, -0.1) is 0 Å². The molecule has 0 spiro atoms. The van der Waals surface area contributed by atoms with E-state index in [1.54, 1.807) is 0 Å². The van der Waals surface area contributed by atoms with Crippen molar-refractivity contribution in [2.75, 3.05) is 0 Å². The molecule has 1 heteroatoms. The van der Waals surface area contributed by atoms with Crippen molar-refractivity contribution in [3.05, 3.63) is 64.8 Å². The van der Waals surface area contributed by atoms with Crippen molar-refractivity contribution in [2.24, 2.45) is 7.05 Å². The summed E-state index contributed by atoms with van der Waals surface area (Å²) in [5.74, 6) is 0. The second-order valence-corrected chi connectivity index (χ2v) is 6.16. The van der Waals surface area contributed by atoms with Gasteiger partial charge in [-0.05, 0) is 56.3 Å². The van der Waals surface area contributed by atoms with E-state index in [1.807, 2.05) is 0 Å². The van der Waals surface area contributed by atoms with E-state index in [0.717, 1.165) is 0 Å². The van der Waals surface area contributed by atoms with Crippen LogP contribution in [0.1, 0.15) is 22.3 Å². The highest BCUT2D eigenvalue weighted by molar-refractivity contribution is 5.84. The molecule has 0 radical (unpaired) electrons. The zero-order valence-electron chi connectivity index (χ0n) is 13.5. The predicted octanol–water partition coefficient (Wildman–Crippen LogP) is 4.56. The molecule has 1 heterocycles. The molecule has 0 atom stereocenters. The van der Waals surface area contributed by atoms with Gasteiger partial charge in [-0.2, -0.15) is 0 Å². The Balaban J connectivity index is 2.30. The minimum absolute atomic E-state index is 1.27. The Hall–Kier alpha value is -2.15. The first-order valence-electron chi connectivity index (χ1n) is 7.44. The molecule has 106 valence electrons. The Morgan fingerprint density at radius 1 is 0.762 bits per heavy atom. The molecule has 0 amide bonds. The summed E-state index contributed by atoms with van der Waals surface area (Å²) in [4.78, 5) is 0. The van der Waals surface area contributed by atoms with Gasteiger partial charge >= 0.3 is 0 Å². The van der Waals surface area contributed by atoms with Gasteiger partial charge in [-0.3, -0.25) is 0 Å². The minimum atomic E-state index is 1.27. The number of aromatic nitrogens is 1. The summed E-state index contributed by atoms with van der Waals surface area (Å²) >= 11 is 0. The third-order valence-corrected chi connectivity index (χ3v) is 4.33. The monoisotopic (exact) mass is 276 g/mol. The first-order chi connectivity index (χ1) is 9.95.